The van der Waals surface area contributed by atoms with E-state index >= 15 is 0 Å². The molecule has 18 heavy (non-hydrogen) atoms. The molecule has 0 aromatic carbocycles. The summed E-state index contributed by atoms with van der Waals surface area (Å²) in [5, 5.41) is 9.29. The Morgan fingerprint density at radius 1 is 1.61 bits per heavy atom. The molecule has 0 aliphatic carbocycles. The van der Waals surface area contributed by atoms with Gasteiger partial charge in [-0.3, -0.25) is 9.89 Å². The lowest BCUT2D eigenvalue weighted by Crippen LogP contribution is -2.24. The predicted molar refractivity (Wildman–Crippen MR) is 68.9 cm³/mol. The number of nitrogens with one attached hydrogen (secondary N) is 2. The second-order valence-electron chi connectivity index (χ2n) is 4.08. The van der Waals surface area contributed by atoms with Crippen molar-refractivity contribution in [1.82, 2.24) is 10.2 Å². The minimum absolute atomic E-state index is 0.0223. The first-order valence-corrected chi connectivity index (χ1v) is 7.02. The molecule has 1 aromatic heterocycles. The highest BCUT2D eigenvalue weighted by molar-refractivity contribution is 7.98. The number of fused-ring (bicyclic) bond motifs is 1. The van der Waals surface area contributed by atoms with E-state index in [1.165, 1.54) is 7.11 Å². The van der Waals surface area contributed by atoms with Gasteiger partial charge in [-0.1, -0.05) is 0 Å². The number of carbonyl (C=O) groups is 2. The van der Waals surface area contributed by atoms with E-state index in [0.29, 0.717) is 17.9 Å². The first kappa shape index (κ1) is 12.9. The van der Waals surface area contributed by atoms with Crippen molar-refractivity contribution in [2.24, 2.45) is 0 Å². The van der Waals surface area contributed by atoms with Crippen LogP contribution in [0.1, 0.15) is 34.8 Å². The van der Waals surface area contributed by atoms with Crippen LogP contribution in [0.4, 0.5) is 5.82 Å². The molecule has 2 rings (SSSR count). The van der Waals surface area contributed by atoms with Gasteiger partial charge in [0.05, 0.1) is 7.11 Å². The van der Waals surface area contributed by atoms with E-state index in [1.54, 1.807) is 11.8 Å². The summed E-state index contributed by atoms with van der Waals surface area (Å²) in [6.07, 6.45) is 3.24. The number of hydrogen-bond acceptors (Lipinski definition) is 5. The SMILES string of the molecule is COC(=O)c1[nH]nc2c1[C@H](CCSC)CC(=O)N2. The largest absolute Gasteiger partial charge is 0.464 e. The molecule has 0 bridgehead atoms. The van der Waals surface area contributed by atoms with E-state index in [2.05, 4.69) is 15.5 Å². The molecule has 0 unspecified atom stereocenters. The van der Waals surface area contributed by atoms with Crippen LogP contribution >= 0.6 is 11.8 Å². The van der Waals surface area contributed by atoms with Crippen molar-refractivity contribution >= 4 is 29.5 Å². The maximum Gasteiger partial charge on any atom is 0.356 e. The molecule has 1 atom stereocenters. The molecule has 0 spiro atoms. The topological polar surface area (TPSA) is 84.1 Å². The van der Waals surface area contributed by atoms with Crippen LogP contribution in [0.25, 0.3) is 0 Å². The highest BCUT2D eigenvalue weighted by atomic mass is 32.2. The highest BCUT2D eigenvalue weighted by Gasteiger charge is 2.32. The number of aromatic amines is 1. The molecule has 1 aliphatic rings. The van der Waals surface area contributed by atoms with E-state index in [1.807, 2.05) is 6.26 Å². The average Bonchev–Trinajstić information content (AvgIpc) is 2.78. The highest BCUT2D eigenvalue weighted by Crippen LogP contribution is 2.36. The molecule has 1 aliphatic heterocycles. The van der Waals surface area contributed by atoms with Crippen molar-refractivity contribution in [3.05, 3.63) is 11.3 Å². The minimum atomic E-state index is -0.450. The van der Waals surface area contributed by atoms with Crippen molar-refractivity contribution in [2.45, 2.75) is 18.8 Å². The van der Waals surface area contributed by atoms with Crippen LogP contribution in [0.15, 0.2) is 0 Å². The number of anilines is 1. The molecular formula is C11H15N3O3S. The third kappa shape index (κ3) is 2.35. The summed E-state index contributed by atoms with van der Waals surface area (Å²) in [6, 6.07) is 0. The van der Waals surface area contributed by atoms with Gasteiger partial charge < -0.3 is 10.1 Å². The van der Waals surface area contributed by atoms with Crippen LogP contribution < -0.4 is 5.32 Å². The first-order valence-electron chi connectivity index (χ1n) is 5.62. The van der Waals surface area contributed by atoms with E-state index < -0.39 is 5.97 Å². The zero-order valence-electron chi connectivity index (χ0n) is 10.3. The number of methoxy groups -OCH3 is 1. The van der Waals surface area contributed by atoms with Gasteiger partial charge in [-0.05, 0) is 24.3 Å². The van der Waals surface area contributed by atoms with Gasteiger partial charge in [-0.15, -0.1) is 0 Å². The molecule has 1 amide bonds. The molecule has 6 nitrogen and oxygen atoms in total. The number of rotatable bonds is 4. The van der Waals surface area contributed by atoms with Crippen LogP contribution in [0.5, 0.6) is 0 Å². The third-order valence-electron chi connectivity index (χ3n) is 2.96. The quantitative estimate of drug-likeness (QED) is 0.807. The maximum atomic E-state index is 11.6. The van der Waals surface area contributed by atoms with E-state index in [0.717, 1.165) is 17.7 Å². The summed E-state index contributed by atoms with van der Waals surface area (Å²) < 4.78 is 4.71. The lowest BCUT2D eigenvalue weighted by atomic mass is 9.89. The number of H-pyrrole nitrogens is 1. The number of esters is 1. The van der Waals surface area contributed by atoms with Crippen LogP contribution in [-0.4, -0.2) is 41.2 Å². The Kier molecular flexibility index (Phi) is 3.90. The third-order valence-corrected chi connectivity index (χ3v) is 3.61. The molecule has 2 heterocycles. The summed E-state index contributed by atoms with van der Waals surface area (Å²) in [7, 11) is 1.33. The normalized spacial score (nSPS) is 18.1. The second-order valence-corrected chi connectivity index (χ2v) is 5.07. The summed E-state index contributed by atoms with van der Waals surface area (Å²) in [6.45, 7) is 0. The Morgan fingerprint density at radius 3 is 3.06 bits per heavy atom. The van der Waals surface area contributed by atoms with E-state index in [-0.39, 0.29) is 11.8 Å². The zero-order chi connectivity index (χ0) is 13.1. The zero-order valence-corrected chi connectivity index (χ0v) is 11.1. The Labute approximate surface area is 109 Å². The molecule has 98 valence electrons. The van der Waals surface area contributed by atoms with Crippen molar-refractivity contribution in [3.8, 4) is 0 Å². The van der Waals surface area contributed by atoms with Crippen LogP contribution in [-0.2, 0) is 9.53 Å². The fourth-order valence-corrected chi connectivity index (χ4v) is 2.64. The van der Waals surface area contributed by atoms with Gasteiger partial charge in [0.25, 0.3) is 0 Å². The summed E-state index contributed by atoms with van der Waals surface area (Å²) in [5.41, 5.74) is 1.12. The molecule has 0 radical (unpaired) electrons. The van der Waals surface area contributed by atoms with Crippen molar-refractivity contribution in [2.75, 3.05) is 24.4 Å². The van der Waals surface area contributed by atoms with Crippen molar-refractivity contribution in [1.29, 1.82) is 0 Å². The lowest BCUT2D eigenvalue weighted by Gasteiger charge is -2.22. The molecular weight excluding hydrogens is 254 g/mol. The van der Waals surface area contributed by atoms with Gasteiger partial charge in [-0.25, -0.2) is 4.79 Å². The van der Waals surface area contributed by atoms with Gasteiger partial charge in [0.2, 0.25) is 5.91 Å². The van der Waals surface area contributed by atoms with E-state index in [9.17, 15) is 9.59 Å². The van der Waals surface area contributed by atoms with Gasteiger partial charge >= 0.3 is 5.97 Å². The van der Waals surface area contributed by atoms with Crippen molar-refractivity contribution in [3.63, 3.8) is 0 Å². The molecule has 0 fully saturated rings. The smallest absolute Gasteiger partial charge is 0.356 e. The number of thioether (sulfide) groups is 1. The first-order chi connectivity index (χ1) is 8.67. The fraction of sp³-hybridized carbons (Fsp3) is 0.545. The van der Waals surface area contributed by atoms with Gasteiger partial charge in [0.1, 0.15) is 5.69 Å². The molecule has 0 saturated carbocycles. The minimum Gasteiger partial charge on any atom is -0.464 e. The number of carbonyl (C=O) groups excluding carboxylic acids is 2. The lowest BCUT2D eigenvalue weighted by molar-refractivity contribution is -0.116. The number of nitrogens with zero attached hydrogens (tertiary/aromatic N) is 1. The maximum absolute atomic E-state index is 11.6. The standard InChI is InChI=1S/C11H15N3O3S/c1-17-11(16)9-8-6(3-4-18-2)5-7(15)12-10(8)14-13-9/h6H,3-5H2,1-2H3,(H2,12,13,14,15)/t6-/m1/s1. The fourth-order valence-electron chi connectivity index (χ4n) is 2.12. The molecule has 7 heteroatoms. The molecule has 0 saturated heterocycles. The van der Waals surface area contributed by atoms with Gasteiger partial charge in [0, 0.05) is 12.0 Å². The van der Waals surface area contributed by atoms with E-state index in [4.69, 9.17) is 4.74 Å². The second kappa shape index (κ2) is 5.43. The Hall–Kier alpha value is -1.50. The van der Waals surface area contributed by atoms with Gasteiger partial charge in [0.15, 0.2) is 5.82 Å². The monoisotopic (exact) mass is 269 g/mol. The average molecular weight is 269 g/mol. The summed E-state index contributed by atoms with van der Waals surface area (Å²) >= 11 is 1.72. The predicted octanol–water partition coefficient (Wildman–Crippen LogP) is 1.38. The van der Waals surface area contributed by atoms with Crippen LogP contribution in [0, 0.1) is 0 Å². The number of aromatic nitrogens is 2. The molecule has 2 N–H and O–H groups in total. The van der Waals surface area contributed by atoms with Gasteiger partial charge in [-0.2, -0.15) is 16.9 Å². The number of amides is 1. The Bertz CT molecular complexity index is 472. The van der Waals surface area contributed by atoms with Crippen molar-refractivity contribution < 1.29 is 14.3 Å². The molecule has 1 aromatic rings. The summed E-state index contributed by atoms with van der Waals surface area (Å²) in [5.74, 6) is 0.903. The number of ether oxygens (including phenoxy) is 1. The summed E-state index contributed by atoms with van der Waals surface area (Å²) in [4.78, 5) is 23.2. The van der Waals surface area contributed by atoms with Crippen LogP contribution in [0.2, 0.25) is 0 Å². The number of hydrogen-bond donors (Lipinski definition) is 2. The van der Waals surface area contributed by atoms with Crippen LogP contribution in [0.3, 0.4) is 0 Å². The Morgan fingerprint density at radius 2 is 2.39 bits per heavy atom. The Balaban J connectivity index is 2.34.